The van der Waals surface area contributed by atoms with Crippen molar-refractivity contribution in [2.45, 2.75) is 13.8 Å². The van der Waals surface area contributed by atoms with Crippen molar-refractivity contribution >= 4 is 11.3 Å². The van der Waals surface area contributed by atoms with Gasteiger partial charge in [-0.2, -0.15) is 0 Å². The highest BCUT2D eigenvalue weighted by atomic mass is 32.1. The van der Waals surface area contributed by atoms with E-state index in [1.807, 2.05) is 23.6 Å². The van der Waals surface area contributed by atoms with Crippen molar-refractivity contribution in [2.24, 2.45) is 0 Å². The Kier molecular flexibility index (Phi) is 5.06. The van der Waals surface area contributed by atoms with Crippen LogP contribution in [0.2, 0.25) is 0 Å². The number of thiophene rings is 1. The summed E-state index contributed by atoms with van der Waals surface area (Å²) in [6.45, 7) is 5.27. The van der Waals surface area contributed by atoms with E-state index in [0.29, 0.717) is 13.2 Å². The molecule has 74 valence electrons. The Morgan fingerprint density at radius 3 is 3.07 bits per heavy atom. The molecule has 0 fully saturated rings. The van der Waals surface area contributed by atoms with E-state index in [2.05, 4.69) is 25.7 Å². The van der Waals surface area contributed by atoms with Gasteiger partial charge in [-0.25, -0.2) is 0 Å². The van der Waals surface area contributed by atoms with Crippen molar-refractivity contribution < 1.29 is 4.74 Å². The fourth-order valence-electron chi connectivity index (χ4n) is 0.808. The number of rotatable bonds is 3. The molecule has 0 aliphatic carbocycles. The van der Waals surface area contributed by atoms with Crippen LogP contribution in [0.15, 0.2) is 29.2 Å². The fourth-order valence-corrected chi connectivity index (χ4v) is 1.40. The van der Waals surface area contributed by atoms with Gasteiger partial charge in [0.05, 0.1) is 11.5 Å². The summed E-state index contributed by atoms with van der Waals surface area (Å²) in [5.74, 6) is 6.01. The molecule has 0 bridgehead atoms. The van der Waals surface area contributed by atoms with Gasteiger partial charge < -0.3 is 4.74 Å². The zero-order valence-electron chi connectivity index (χ0n) is 8.54. The maximum atomic E-state index is 5.30. The maximum Gasteiger partial charge on any atom is 0.108 e. The molecule has 0 aromatic carbocycles. The molecule has 0 aliphatic rings. The molecule has 0 N–H and O–H groups in total. The highest BCUT2D eigenvalue weighted by Gasteiger charge is 1.84. The molecule has 0 atom stereocenters. The smallest absolute Gasteiger partial charge is 0.108 e. The van der Waals surface area contributed by atoms with E-state index >= 15 is 0 Å². The lowest BCUT2D eigenvalue weighted by atomic mass is 10.3. The van der Waals surface area contributed by atoms with E-state index < -0.39 is 0 Å². The predicted octanol–water partition coefficient (Wildman–Crippen LogP) is 3.08. The summed E-state index contributed by atoms with van der Waals surface area (Å²) in [4.78, 5) is 1.09. The number of hydrogen-bond donors (Lipinski definition) is 0. The summed E-state index contributed by atoms with van der Waals surface area (Å²) in [6.07, 6.45) is 2.05. The first-order valence-electron chi connectivity index (χ1n) is 4.52. The molecular formula is C12H14OS. The average molecular weight is 206 g/mol. The van der Waals surface area contributed by atoms with Crippen LogP contribution >= 0.6 is 11.3 Å². The summed E-state index contributed by atoms with van der Waals surface area (Å²) >= 11 is 1.65. The van der Waals surface area contributed by atoms with Crippen LogP contribution in [0.3, 0.4) is 0 Å². The van der Waals surface area contributed by atoms with Crippen LogP contribution in [0, 0.1) is 11.8 Å². The van der Waals surface area contributed by atoms with E-state index in [1.165, 1.54) is 5.57 Å². The van der Waals surface area contributed by atoms with Crippen LogP contribution in [0.1, 0.15) is 18.7 Å². The van der Waals surface area contributed by atoms with Gasteiger partial charge in [0.2, 0.25) is 0 Å². The molecule has 0 saturated heterocycles. The first-order chi connectivity index (χ1) is 6.79. The molecule has 0 spiro atoms. The highest BCUT2D eigenvalue weighted by molar-refractivity contribution is 7.10. The van der Waals surface area contributed by atoms with E-state index in [-0.39, 0.29) is 0 Å². The van der Waals surface area contributed by atoms with Crippen molar-refractivity contribution in [3.05, 3.63) is 34.0 Å². The summed E-state index contributed by atoms with van der Waals surface area (Å²) in [7, 11) is 0. The van der Waals surface area contributed by atoms with Crippen LogP contribution in [0.5, 0.6) is 0 Å². The van der Waals surface area contributed by atoms with Crippen molar-refractivity contribution in [3.8, 4) is 11.8 Å². The second-order valence-electron chi connectivity index (χ2n) is 3.08. The monoisotopic (exact) mass is 206 g/mol. The second kappa shape index (κ2) is 6.42. The summed E-state index contributed by atoms with van der Waals surface area (Å²) in [5, 5.41) is 2.02. The predicted molar refractivity (Wildman–Crippen MR) is 61.4 cm³/mol. The van der Waals surface area contributed by atoms with Gasteiger partial charge >= 0.3 is 0 Å². The van der Waals surface area contributed by atoms with Crippen molar-refractivity contribution in [1.82, 2.24) is 0 Å². The Balaban J connectivity index is 2.18. The fraction of sp³-hybridized carbons (Fsp3) is 0.333. The molecule has 2 heteroatoms. The molecule has 0 saturated carbocycles. The highest BCUT2D eigenvalue weighted by Crippen LogP contribution is 2.05. The number of hydrogen-bond acceptors (Lipinski definition) is 2. The van der Waals surface area contributed by atoms with E-state index in [1.54, 1.807) is 11.3 Å². The van der Waals surface area contributed by atoms with Gasteiger partial charge in [0.25, 0.3) is 0 Å². The number of ether oxygens (including phenoxy) is 1. The molecule has 1 rings (SSSR count). The van der Waals surface area contributed by atoms with Crippen LogP contribution in [-0.2, 0) is 4.74 Å². The lowest BCUT2D eigenvalue weighted by Crippen LogP contribution is -1.91. The normalized spacial score (nSPS) is 9.00. The minimum absolute atomic E-state index is 0.502. The third-order valence-corrected chi connectivity index (χ3v) is 2.30. The zero-order chi connectivity index (χ0) is 10.2. The first kappa shape index (κ1) is 11.0. The third-order valence-electron chi connectivity index (χ3n) is 1.52. The largest absolute Gasteiger partial charge is 0.365 e. The minimum atomic E-state index is 0.502. The molecule has 1 heterocycles. The van der Waals surface area contributed by atoms with Gasteiger partial charge in [-0.05, 0) is 25.3 Å². The van der Waals surface area contributed by atoms with Crippen LogP contribution in [0.25, 0.3) is 0 Å². The van der Waals surface area contributed by atoms with Gasteiger partial charge in [0.1, 0.15) is 6.61 Å². The number of allylic oxidation sites excluding steroid dienone is 1. The molecule has 0 unspecified atom stereocenters. The second-order valence-corrected chi connectivity index (χ2v) is 4.02. The summed E-state index contributed by atoms with van der Waals surface area (Å²) in [6, 6.07) is 4.01. The van der Waals surface area contributed by atoms with Crippen molar-refractivity contribution in [1.29, 1.82) is 0 Å². The Hall–Kier alpha value is -1.04. The molecule has 14 heavy (non-hydrogen) atoms. The zero-order valence-corrected chi connectivity index (χ0v) is 9.36. The van der Waals surface area contributed by atoms with E-state index in [4.69, 9.17) is 4.74 Å². The van der Waals surface area contributed by atoms with Crippen LogP contribution in [0.4, 0.5) is 0 Å². The van der Waals surface area contributed by atoms with Gasteiger partial charge in [-0.1, -0.05) is 29.6 Å². The van der Waals surface area contributed by atoms with Gasteiger partial charge in [0, 0.05) is 0 Å². The molecule has 0 aliphatic heterocycles. The summed E-state index contributed by atoms with van der Waals surface area (Å²) < 4.78 is 5.30. The lowest BCUT2D eigenvalue weighted by Gasteiger charge is -1.93. The molecule has 1 nitrogen and oxygen atoms in total. The first-order valence-corrected chi connectivity index (χ1v) is 5.40. The van der Waals surface area contributed by atoms with Crippen molar-refractivity contribution in [2.75, 3.05) is 13.2 Å². The van der Waals surface area contributed by atoms with Gasteiger partial charge in [-0.15, -0.1) is 11.3 Å². The summed E-state index contributed by atoms with van der Waals surface area (Å²) in [5.41, 5.74) is 1.27. The Morgan fingerprint density at radius 1 is 1.57 bits per heavy atom. The lowest BCUT2D eigenvalue weighted by molar-refractivity contribution is 0.199. The van der Waals surface area contributed by atoms with Crippen LogP contribution in [-0.4, -0.2) is 13.2 Å². The topological polar surface area (TPSA) is 9.23 Å². The van der Waals surface area contributed by atoms with E-state index in [9.17, 15) is 0 Å². The molecule has 1 aromatic rings. The molecule has 1 aromatic heterocycles. The molecule has 0 radical (unpaired) electrons. The maximum absolute atomic E-state index is 5.30. The van der Waals surface area contributed by atoms with E-state index in [0.717, 1.165) is 4.88 Å². The third kappa shape index (κ3) is 4.86. The van der Waals surface area contributed by atoms with Crippen LogP contribution < -0.4 is 0 Å². The van der Waals surface area contributed by atoms with Gasteiger partial charge in [0.15, 0.2) is 0 Å². The minimum Gasteiger partial charge on any atom is -0.365 e. The van der Waals surface area contributed by atoms with Gasteiger partial charge in [-0.3, -0.25) is 0 Å². The average Bonchev–Trinajstić information content (AvgIpc) is 2.63. The molecular weight excluding hydrogens is 192 g/mol. The van der Waals surface area contributed by atoms with Crippen molar-refractivity contribution in [3.63, 3.8) is 0 Å². The standard InChI is InChI=1S/C12H14OS/c1-11(2)7-9-13-8-3-5-12-6-4-10-14-12/h4,6-7,10H,8-9H2,1-2H3. The Bertz CT molecular complexity index is 334. The Labute approximate surface area is 89.4 Å². The SMILES string of the molecule is CC(C)=CCOCC#Cc1cccs1. The quantitative estimate of drug-likeness (QED) is 0.419. The Morgan fingerprint density at radius 2 is 2.43 bits per heavy atom. The molecule has 0 amide bonds.